The summed E-state index contributed by atoms with van der Waals surface area (Å²) >= 11 is 5.86. The highest BCUT2D eigenvalue weighted by Gasteiger charge is 2.31. The lowest BCUT2D eigenvalue weighted by atomic mass is 10.0. The van der Waals surface area contributed by atoms with Gasteiger partial charge in [-0.3, -0.25) is 0 Å². The van der Waals surface area contributed by atoms with Crippen LogP contribution in [0.25, 0.3) is 0 Å². The van der Waals surface area contributed by atoms with Gasteiger partial charge < -0.3 is 15.4 Å². The molecular formula is C11H18ClN5O. The fraction of sp³-hybridized carbons (Fsp3) is 0.727. The van der Waals surface area contributed by atoms with Crippen molar-refractivity contribution in [1.29, 1.82) is 0 Å². The third kappa shape index (κ3) is 2.64. The van der Waals surface area contributed by atoms with Crippen molar-refractivity contribution in [3.63, 3.8) is 0 Å². The molecule has 100 valence electrons. The SMILES string of the molecule is COc1nc(Cl)nc(N(C)C2CCCC2CN)n1. The minimum atomic E-state index is 0.144. The first-order valence-electron chi connectivity index (χ1n) is 6.04. The van der Waals surface area contributed by atoms with Crippen molar-refractivity contribution in [1.82, 2.24) is 15.0 Å². The highest BCUT2D eigenvalue weighted by molar-refractivity contribution is 6.28. The Morgan fingerprint density at radius 2 is 2.17 bits per heavy atom. The van der Waals surface area contributed by atoms with Crippen molar-refractivity contribution in [3.8, 4) is 6.01 Å². The summed E-state index contributed by atoms with van der Waals surface area (Å²) in [7, 11) is 3.47. The topological polar surface area (TPSA) is 77.2 Å². The molecule has 0 saturated heterocycles. The zero-order chi connectivity index (χ0) is 13.1. The number of hydrogen-bond acceptors (Lipinski definition) is 6. The average Bonchev–Trinajstić information content (AvgIpc) is 2.85. The normalized spacial score (nSPS) is 23.1. The number of rotatable bonds is 4. The Labute approximate surface area is 112 Å². The standard InChI is InChI=1S/C11H18ClN5O/c1-17(8-5-3-4-7(8)6-13)10-14-9(12)15-11(16-10)18-2/h7-8H,3-6,13H2,1-2H3. The van der Waals surface area contributed by atoms with E-state index in [4.69, 9.17) is 22.1 Å². The average molecular weight is 272 g/mol. The Kier molecular flexibility index (Phi) is 4.19. The number of hydrogen-bond donors (Lipinski definition) is 1. The Bertz CT molecular complexity index is 416. The molecule has 7 heteroatoms. The largest absolute Gasteiger partial charge is 0.467 e. The van der Waals surface area contributed by atoms with Crippen LogP contribution in [0.5, 0.6) is 6.01 Å². The number of aromatic nitrogens is 3. The van der Waals surface area contributed by atoms with Gasteiger partial charge in [0.15, 0.2) is 0 Å². The molecule has 18 heavy (non-hydrogen) atoms. The van der Waals surface area contributed by atoms with E-state index in [2.05, 4.69) is 15.0 Å². The van der Waals surface area contributed by atoms with Crippen molar-refractivity contribution >= 4 is 17.5 Å². The number of anilines is 1. The monoisotopic (exact) mass is 271 g/mol. The quantitative estimate of drug-likeness (QED) is 0.884. The Morgan fingerprint density at radius 1 is 1.39 bits per heavy atom. The van der Waals surface area contributed by atoms with E-state index in [1.165, 1.54) is 13.5 Å². The van der Waals surface area contributed by atoms with Gasteiger partial charge in [-0.25, -0.2) is 0 Å². The lowest BCUT2D eigenvalue weighted by molar-refractivity contribution is 0.376. The molecule has 0 spiro atoms. The van der Waals surface area contributed by atoms with Crippen LogP contribution in [0.4, 0.5) is 5.95 Å². The number of halogens is 1. The summed E-state index contributed by atoms with van der Waals surface area (Å²) in [6.45, 7) is 0.685. The molecule has 1 fully saturated rings. The Hall–Kier alpha value is -1.14. The Morgan fingerprint density at radius 3 is 2.83 bits per heavy atom. The van der Waals surface area contributed by atoms with Crippen LogP contribution in [-0.4, -0.2) is 41.7 Å². The van der Waals surface area contributed by atoms with Gasteiger partial charge in [-0.05, 0) is 36.9 Å². The van der Waals surface area contributed by atoms with Crippen LogP contribution in [0.3, 0.4) is 0 Å². The van der Waals surface area contributed by atoms with Crippen LogP contribution in [0.15, 0.2) is 0 Å². The van der Waals surface area contributed by atoms with E-state index in [-0.39, 0.29) is 11.3 Å². The van der Waals surface area contributed by atoms with Gasteiger partial charge >= 0.3 is 6.01 Å². The summed E-state index contributed by atoms with van der Waals surface area (Å²) in [5.41, 5.74) is 5.80. The summed E-state index contributed by atoms with van der Waals surface area (Å²) in [6, 6.07) is 0.595. The van der Waals surface area contributed by atoms with Crippen LogP contribution in [0, 0.1) is 5.92 Å². The van der Waals surface area contributed by atoms with Crippen molar-refractivity contribution in [2.75, 3.05) is 25.6 Å². The second-order valence-electron chi connectivity index (χ2n) is 4.50. The minimum absolute atomic E-state index is 0.144. The first-order chi connectivity index (χ1) is 8.65. The molecule has 0 aromatic carbocycles. The van der Waals surface area contributed by atoms with E-state index in [1.54, 1.807) is 0 Å². The minimum Gasteiger partial charge on any atom is -0.467 e. The van der Waals surface area contributed by atoms with Gasteiger partial charge in [-0.2, -0.15) is 15.0 Å². The molecule has 2 rings (SSSR count). The Balaban J connectivity index is 2.22. The first kappa shape index (κ1) is 13.3. The molecule has 0 aliphatic heterocycles. The summed E-state index contributed by atoms with van der Waals surface area (Å²) in [5, 5.41) is 0.144. The van der Waals surface area contributed by atoms with Crippen LogP contribution in [-0.2, 0) is 0 Å². The van der Waals surface area contributed by atoms with E-state index in [0.29, 0.717) is 24.5 Å². The molecule has 1 saturated carbocycles. The number of nitrogens with two attached hydrogens (primary N) is 1. The first-order valence-corrected chi connectivity index (χ1v) is 6.42. The lowest BCUT2D eigenvalue weighted by Gasteiger charge is -2.29. The third-order valence-electron chi connectivity index (χ3n) is 3.49. The van der Waals surface area contributed by atoms with Gasteiger partial charge in [-0.1, -0.05) is 6.42 Å². The number of ether oxygens (including phenoxy) is 1. The molecule has 1 aliphatic rings. The maximum Gasteiger partial charge on any atom is 0.322 e. The van der Waals surface area contributed by atoms with Crippen molar-refractivity contribution in [3.05, 3.63) is 5.28 Å². The maximum atomic E-state index is 5.86. The summed E-state index contributed by atoms with van der Waals surface area (Å²) < 4.78 is 5.00. The van der Waals surface area contributed by atoms with Crippen LogP contribution in [0.2, 0.25) is 5.28 Å². The van der Waals surface area contributed by atoms with Crippen LogP contribution < -0.4 is 15.4 Å². The van der Waals surface area contributed by atoms with Crippen LogP contribution in [0.1, 0.15) is 19.3 Å². The van der Waals surface area contributed by atoms with Gasteiger partial charge in [-0.15, -0.1) is 0 Å². The van der Waals surface area contributed by atoms with E-state index in [9.17, 15) is 0 Å². The molecule has 0 radical (unpaired) electrons. The molecule has 1 aromatic rings. The predicted molar refractivity (Wildman–Crippen MR) is 70.0 cm³/mol. The molecule has 0 amide bonds. The molecule has 2 atom stereocenters. The highest BCUT2D eigenvalue weighted by atomic mass is 35.5. The van der Waals surface area contributed by atoms with Gasteiger partial charge in [0, 0.05) is 13.1 Å². The fourth-order valence-electron chi connectivity index (χ4n) is 2.52. The molecule has 2 unspecified atom stereocenters. The van der Waals surface area contributed by atoms with Crippen LogP contribution >= 0.6 is 11.6 Å². The zero-order valence-corrected chi connectivity index (χ0v) is 11.4. The van der Waals surface area contributed by atoms with Gasteiger partial charge in [0.1, 0.15) is 0 Å². The predicted octanol–water partition coefficient (Wildman–Crippen LogP) is 1.10. The van der Waals surface area contributed by atoms with Gasteiger partial charge in [0.25, 0.3) is 0 Å². The van der Waals surface area contributed by atoms with Crippen molar-refractivity contribution < 1.29 is 4.74 Å². The summed E-state index contributed by atoms with van der Waals surface area (Å²) in [5.74, 6) is 1.02. The number of methoxy groups -OCH3 is 1. The molecular weight excluding hydrogens is 254 g/mol. The van der Waals surface area contributed by atoms with Gasteiger partial charge in [0.05, 0.1) is 7.11 Å². The van der Waals surface area contributed by atoms with E-state index in [1.807, 2.05) is 11.9 Å². The molecule has 6 nitrogen and oxygen atoms in total. The molecule has 0 bridgehead atoms. The summed E-state index contributed by atoms with van der Waals surface area (Å²) in [6.07, 6.45) is 3.44. The molecule has 1 heterocycles. The van der Waals surface area contributed by atoms with E-state index in [0.717, 1.165) is 12.8 Å². The van der Waals surface area contributed by atoms with E-state index < -0.39 is 0 Å². The second-order valence-corrected chi connectivity index (χ2v) is 4.83. The van der Waals surface area contributed by atoms with Crippen molar-refractivity contribution in [2.45, 2.75) is 25.3 Å². The van der Waals surface area contributed by atoms with Crippen molar-refractivity contribution in [2.24, 2.45) is 11.7 Å². The van der Waals surface area contributed by atoms with Gasteiger partial charge in [0.2, 0.25) is 11.2 Å². The smallest absolute Gasteiger partial charge is 0.322 e. The maximum absolute atomic E-state index is 5.86. The fourth-order valence-corrected chi connectivity index (χ4v) is 2.67. The second kappa shape index (κ2) is 5.67. The number of nitrogens with zero attached hydrogens (tertiary/aromatic N) is 4. The third-order valence-corrected chi connectivity index (χ3v) is 3.66. The zero-order valence-electron chi connectivity index (χ0n) is 10.6. The molecule has 1 aromatic heterocycles. The molecule has 2 N–H and O–H groups in total. The highest BCUT2D eigenvalue weighted by Crippen LogP contribution is 2.30. The van der Waals surface area contributed by atoms with E-state index >= 15 is 0 Å². The lowest BCUT2D eigenvalue weighted by Crippen LogP contribution is -2.38. The summed E-state index contributed by atoms with van der Waals surface area (Å²) in [4.78, 5) is 14.3. The molecule has 1 aliphatic carbocycles.